The summed E-state index contributed by atoms with van der Waals surface area (Å²) < 4.78 is 101. The molecular formula is C39H33F5N2O6S. The van der Waals surface area contributed by atoms with E-state index >= 15 is 8.78 Å². The summed E-state index contributed by atoms with van der Waals surface area (Å²) in [7, 11) is -5.64. The molecule has 6 rings (SSSR count). The number of carbonyl (C=O) groups is 2. The lowest BCUT2D eigenvalue weighted by Gasteiger charge is -2.28. The summed E-state index contributed by atoms with van der Waals surface area (Å²) in [6.45, 7) is -2.14. The Morgan fingerprint density at radius 1 is 0.698 bits per heavy atom. The Balaban J connectivity index is 1.41. The van der Waals surface area contributed by atoms with E-state index < -0.39 is 80.3 Å². The van der Waals surface area contributed by atoms with E-state index in [2.05, 4.69) is 0 Å². The molecule has 1 fully saturated rings. The Morgan fingerprint density at radius 3 is 1.92 bits per heavy atom. The second kappa shape index (κ2) is 15.3. The Labute approximate surface area is 301 Å². The molecule has 0 radical (unpaired) electrons. The van der Waals surface area contributed by atoms with Crippen LogP contribution < -0.4 is 4.90 Å². The average molecular weight is 753 g/mol. The van der Waals surface area contributed by atoms with Crippen molar-refractivity contribution < 1.29 is 50.2 Å². The number of hydrogen-bond acceptors (Lipinski definition) is 5. The maximum absolute atomic E-state index is 15.1. The van der Waals surface area contributed by atoms with Crippen LogP contribution in [-0.2, 0) is 27.9 Å². The Bertz CT molecular complexity index is 2290. The SMILES string of the molecule is O=C(O)c1ccc(N(Cc2ccc(C3CCCCC3)cc2)C(=O)CN(Cc2ccc3ccccc3c2)S(=O)(=O)c2c(F)c(F)c(F)c(F)c2F)cc1O. The molecule has 276 valence electrons. The second-order valence-corrected chi connectivity index (χ2v) is 14.8. The van der Waals surface area contributed by atoms with Crippen LogP contribution in [0.2, 0.25) is 0 Å². The van der Waals surface area contributed by atoms with E-state index in [1.54, 1.807) is 48.5 Å². The number of phenols is 1. The average Bonchev–Trinajstić information content (AvgIpc) is 3.15. The van der Waals surface area contributed by atoms with Gasteiger partial charge >= 0.3 is 5.97 Å². The number of carbonyl (C=O) groups excluding carboxylic acids is 1. The maximum atomic E-state index is 15.1. The number of aromatic hydroxyl groups is 1. The van der Waals surface area contributed by atoms with Crippen molar-refractivity contribution in [1.82, 2.24) is 4.31 Å². The first-order valence-electron chi connectivity index (χ1n) is 16.7. The number of benzene rings is 5. The van der Waals surface area contributed by atoms with Gasteiger partial charge in [-0.25, -0.2) is 35.2 Å². The molecule has 14 heteroatoms. The molecule has 53 heavy (non-hydrogen) atoms. The highest BCUT2D eigenvalue weighted by Crippen LogP contribution is 2.34. The molecule has 0 aromatic heterocycles. The number of amides is 1. The van der Waals surface area contributed by atoms with Crippen LogP contribution in [0.5, 0.6) is 5.75 Å². The smallest absolute Gasteiger partial charge is 0.339 e. The van der Waals surface area contributed by atoms with E-state index in [4.69, 9.17) is 0 Å². The summed E-state index contributed by atoms with van der Waals surface area (Å²) in [4.78, 5) is 24.8. The van der Waals surface area contributed by atoms with Gasteiger partial charge in [0.15, 0.2) is 28.2 Å². The summed E-state index contributed by atoms with van der Waals surface area (Å²) in [5, 5.41) is 21.3. The lowest BCUT2D eigenvalue weighted by atomic mass is 9.84. The maximum Gasteiger partial charge on any atom is 0.339 e. The van der Waals surface area contributed by atoms with Crippen molar-refractivity contribution in [2.75, 3.05) is 11.4 Å². The van der Waals surface area contributed by atoms with Crippen LogP contribution in [0.3, 0.4) is 0 Å². The normalized spacial score (nSPS) is 13.8. The van der Waals surface area contributed by atoms with Gasteiger partial charge in [0.1, 0.15) is 11.3 Å². The minimum absolute atomic E-state index is 0.0619. The van der Waals surface area contributed by atoms with Crippen LogP contribution in [0, 0.1) is 29.1 Å². The largest absolute Gasteiger partial charge is 0.507 e. The number of sulfonamides is 1. The summed E-state index contributed by atoms with van der Waals surface area (Å²) in [6.07, 6.45) is 5.44. The van der Waals surface area contributed by atoms with Gasteiger partial charge in [0.05, 0.1) is 13.1 Å². The van der Waals surface area contributed by atoms with E-state index in [1.165, 1.54) is 12.1 Å². The first-order valence-corrected chi connectivity index (χ1v) is 18.1. The molecule has 1 aliphatic rings. The molecule has 0 spiro atoms. The van der Waals surface area contributed by atoms with Gasteiger partial charge < -0.3 is 15.1 Å². The van der Waals surface area contributed by atoms with Crippen LogP contribution in [-0.4, -0.2) is 41.4 Å². The van der Waals surface area contributed by atoms with Crippen LogP contribution in [0.1, 0.15) is 65.1 Å². The first kappa shape index (κ1) is 37.4. The fourth-order valence-corrected chi connectivity index (χ4v) is 8.14. The monoisotopic (exact) mass is 752 g/mol. The quantitative estimate of drug-likeness (QED) is 0.0796. The number of halogens is 5. The summed E-state index contributed by atoms with van der Waals surface area (Å²) >= 11 is 0. The highest BCUT2D eigenvalue weighted by molar-refractivity contribution is 7.89. The number of aromatic carboxylic acids is 1. The second-order valence-electron chi connectivity index (χ2n) is 12.9. The first-order chi connectivity index (χ1) is 25.3. The van der Waals surface area contributed by atoms with E-state index in [-0.39, 0.29) is 17.8 Å². The number of hydrogen-bond donors (Lipinski definition) is 2. The van der Waals surface area contributed by atoms with Crippen LogP contribution in [0.25, 0.3) is 10.8 Å². The van der Waals surface area contributed by atoms with Crippen molar-refractivity contribution >= 4 is 38.4 Å². The van der Waals surface area contributed by atoms with Crippen LogP contribution in [0.15, 0.2) is 89.8 Å². The van der Waals surface area contributed by atoms with Gasteiger partial charge in [-0.3, -0.25) is 4.79 Å². The molecule has 5 aromatic rings. The van der Waals surface area contributed by atoms with Gasteiger partial charge in [-0.2, -0.15) is 4.31 Å². The molecule has 0 unspecified atom stereocenters. The lowest BCUT2D eigenvalue weighted by molar-refractivity contribution is -0.119. The minimum Gasteiger partial charge on any atom is -0.507 e. The number of rotatable bonds is 11. The minimum atomic E-state index is -5.64. The van der Waals surface area contributed by atoms with E-state index in [0.717, 1.165) is 60.1 Å². The van der Waals surface area contributed by atoms with E-state index in [0.29, 0.717) is 21.2 Å². The predicted molar refractivity (Wildman–Crippen MR) is 186 cm³/mol. The molecule has 8 nitrogen and oxygen atoms in total. The third kappa shape index (κ3) is 7.74. The molecule has 0 aliphatic heterocycles. The number of nitrogens with zero attached hydrogens (tertiary/aromatic N) is 2. The standard InChI is InChI=1S/C39H33F5N2O6S/c40-33-34(41)36(43)38(37(44)35(33)42)53(51,52)45(20-24-12-15-26-8-4-5-9-28(26)18-24)22-32(48)46(29-16-17-30(39(49)50)31(47)19-29)21-23-10-13-27(14-11-23)25-6-2-1-3-7-25/h4-5,8-19,25,47H,1-3,6-7,20-22H2,(H,49,50). The molecule has 1 aliphatic carbocycles. The molecule has 1 saturated carbocycles. The van der Waals surface area contributed by atoms with Crippen molar-refractivity contribution in [3.05, 3.63) is 136 Å². The third-order valence-corrected chi connectivity index (χ3v) is 11.3. The predicted octanol–water partition coefficient (Wildman–Crippen LogP) is 8.41. The summed E-state index contributed by atoms with van der Waals surface area (Å²) in [6, 6.07) is 22.2. The van der Waals surface area contributed by atoms with Crippen LogP contribution >= 0.6 is 0 Å². The molecule has 0 atom stereocenters. The third-order valence-electron chi connectivity index (χ3n) is 9.47. The summed E-state index contributed by atoms with van der Waals surface area (Å²) in [5.74, 6) is -15.5. The van der Waals surface area contributed by atoms with E-state index in [1.807, 2.05) is 12.1 Å². The van der Waals surface area contributed by atoms with Crippen molar-refractivity contribution in [1.29, 1.82) is 0 Å². The van der Waals surface area contributed by atoms with Crippen molar-refractivity contribution in [3.8, 4) is 5.75 Å². The van der Waals surface area contributed by atoms with Gasteiger partial charge in [-0.05, 0) is 64.4 Å². The molecule has 5 aromatic carbocycles. The zero-order valence-corrected chi connectivity index (χ0v) is 28.9. The molecule has 2 N–H and O–H groups in total. The topological polar surface area (TPSA) is 115 Å². The van der Waals surface area contributed by atoms with Gasteiger partial charge in [-0.15, -0.1) is 0 Å². The van der Waals surface area contributed by atoms with Gasteiger partial charge in [0, 0.05) is 18.3 Å². The lowest BCUT2D eigenvalue weighted by Crippen LogP contribution is -2.43. The Morgan fingerprint density at radius 2 is 1.30 bits per heavy atom. The molecular weight excluding hydrogens is 719 g/mol. The van der Waals surface area contributed by atoms with Gasteiger partial charge in [0.2, 0.25) is 21.7 Å². The fourth-order valence-electron chi connectivity index (χ4n) is 6.65. The molecule has 1 amide bonds. The molecule has 0 heterocycles. The number of carboxylic acids is 1. The summed E-state index contributed by atoms with van der Waals surface area (Å²) in [5.41, 5.74) is 1.34. The van der Waals surface area contributed by atoms with Gasteiger partial charge in [0.25, 0.3) is 0 Å². The van der Waals surface area contributed by atoms with Crippen LogP contribution in [0.4, 0.5) is 27.6 Å². The van der Waals surface area contributed by atoms with Crippen molar-refractivity contribution in [2.24, 2.45) is 0 Å². The zero-order valence-electron chi connectivity index (χ0n) is 28.0. The highest BCUT2D eigenvalue weighted by atomic mass is 32.2. The van der Waals surface area contributed by atoms with E-state index in [9.17, 15) is 41.4 Å². The zero-order chi connectivity index (χ0) is 38.0. The number of carboxylic acid groups (broad SMARTS) is 1. The Kier molecular flexibility index (Phi) is 10.8. The van der Waals surface area contributed by atoms with Gasteiger partial charge in [-0.1, -0.05) is 79.9 Å². The fraction of sp³-hybridized carbons (Fsp3) is 0.231. The number of anilines is 1. The Hall–Kier alpha value is -5.34. The molecule has 0 saturated heterocycles. The van der Waals surface area contributed by atoms with Crippen molar-refractivity contribution in [3.63, 3.8) is 0 Å². The molecule has 0 bridgehead atoms. The van der Waals surface area contributed by atoms with Crippen molar-refractivity contribution in [2.45, 2.75) is 56.0 Å². The number of fused-ring (bicyclic) bond motifs is 1. The highest BCUT2D eigenvalue weighted by Gasteiger charge is 2.39.